The molecule has 0 unspecified atom stereocenters. The number of benzene rings is 1. The van der Waals surface area contributed by atoms with Crippen LogP contribution in [0.5, 0.6) is 0 Å². The first-order valence-electron chi connectivity index (χ1n) is 11.5. The third-order valence-corrected chi connectivity index (χ3v) is 6.89. The van der Waals surface area contributed by atoms with E-state index in [2.05, 4.69) is 50.3 Å². The van der Waals surface area contributed by atoms with Crippen molar-refractivity contribution in [1.82, 2.24) is 0 Å². The summed E-state index contributed by atoms with van der Waals surface area (Å²) in [7, 11) is 0. The molecule has 1 fully saturated rings. The van der Waals surface area contributed by atoms with Gasteiger partial charge in [0.05, 0.1) is 12.2 Å². The first-order chi connectivity index (χ1) is 14.0. The van der Waals surface area contributed by atoms with Crippen LogP contribution in [0, 0.1) is 23.7 Å². The van der Waals surface area contributed by atoms with Crippen molar-refractivity contribution in [2.45, 2.75) is 77.5 Å². The molecule has 2 aliphatic rings. The van der Waals surface area contributed by atoms with Gasteiger partial charge >= 0.3 is 0 Å². The third-order valence-electron chi connectivity index (χ3n) is 6.89. The van der Waals surface area contributed by atoms with Gasteiger partial charge in [-0.15, -0.1) is 0 Å². The van der Waals surface area contributed by atoms with Crippen molar-refractivity contribution in [3.05, 3.63) is 59.2 Å². The van der Waals surface area contributed by atoms with Crippen LogP contribution in [0.15, 0.2) is 48.1 Å². The number of hydrogen-bond acceptors (Lipinski definition) is 3. The molecule has 6 atom stereocenters. The molecule has 2 aliphatic carbocycles. The molecule has 0 radical (unpaired) electrons. The van der Waals surface area contributed by atoms with E-state index in [1.54, 1.807) is 0 Å². The van der Waals surface area contributed by atoms with E-state index in [1.165, 1.54) is 36.0 Å². The maximum atomic E-state index is 10.6. The molecule has 0 aliphatic heterocycles. The smallest absolute Gasteiger partial charge is 0.0723 e. The van der Waals surface area contributed by atoms with Crippen LogP contribution in [-0.4, -0.2) is 22.4 Å². The fourth-order valence-corrected chi connectivity index (χ4v) is 5.21. The molecule has 3 nitrogen and oxygen atoms in total. The molecule has 0 heterocycles. The highest BCUT2D eigenvalue weighted by molar-refractivity contribution is 5.30. The van der Waals surface area contributed by atoms with Crippen LogP contribution >= 0.6 is 0 Å². The van der Waals surface area contributed by atoms with E-state index >= 15 is 0 Å². The molecular formula is C26H39NO2. The van der Waals surface area contributed by atoms with E-state index in [1.807, 2.05) is 6.08 Å². The lowest BCUT2D eigenvalue weighted by Gasteiger charge is -2.19. The van der Waals surface area contributed by atoms with Gasteiger partial charge in [-0.25, -0.2) is 0 Å². The first-order valence-corrected chi connectivity index (χ1v) is 11.5. The van der Waals surface area contributed by atoms with Crippen molar-refractivity contribution in [3.8, 4) is 0 Å². The Morgan fingerprint density at radius 2 is 1.93 bits per heavy atom. The Labute approximate surface area is 176 Å². The summed E-state index contributed by atoms with van der Waals surface area (Å²) in [5.41, 5.74) is 9.68. The van der Waals surface area contributed by atoms with Crippen molar-refractivity contribution in [2.75, 3.05) is 0 Å². The summed E-state index contributed by atoms with van der Waals surface area (Å²) in [6.07, 6.45) is 13.1. The Morgan fingerprint density at radius 3 is 2.62 bits per heavy atom. The van der Waals surface area contributed by atoms with Crippen molar-refractivity contribution in [3.63, 3.8) is 0 Å². The fourth-order valence-electron chi connectivity index (χ4n) is 5.21. The molecule has 1 aromatic rings. The number of hydrogen-bond donors (Lipinski definition) is 3. The summed E-state index contributed by atoms with van der Waals surface area (Å²) in [6.45, 7) is 5.02. The third kappa shape index (κ3) is 6.04. The van der Waals surface area contributed by atoms with E-state index in [-0.39, 0.29) is 12.0 Å². The van der Waals surface area contributed by atoms with E-state index < -0.39 is 6.10 Å². The zero-order chi connectivity index (χ0) is 20.8. The summed E-state index contributed by atoms with van der Waals surface area (Å²) in [5.74, 6) is 1.65. The minimum Gasteiger partial charge on any atom is -0.392 e. The van der Waals surface area contributed by atoms with E-state index in [4.69, 9.17) is 5.73 Å². The van der Waals surface area contributed by atoms with Crippen LogP contribution in [-0.2, 0) is 13.0 Å². The average Bonchev–Trinajstić information content (AvgIpc) is 3.21. The predicted octanol–water partition coefficient (Wildman–Crippen LogP) is 4.76. The summed E-state index contributed by atoms with van der Waals surface area (Å²) >= 11 is 0. The highest BCUT2D eigenvalue weighted by Crippen LogP contribution is 2.47. The Kier molecular flexibility index (Phi) is 8.11. The van der Waals surface area contributed by atoms with E-state index in [9.17, 15) is 10.2 Å². The summed E-state index contributed by atoms with van der Waals surface area (Å²) < 4.78 is 0. The van der Waals surface area contributed by atoms with Crippen LogP contribution in [0.4, 0.5) is 0 Å². The normalized spacial score (nSPS) is 28.5. The number of rotatable bonds is 10. The number of unbranched alkanes of at least 4 members (excludes halogenated alkanes) is 1. The summed E-state index contributed by atoms with van der Waals surface area (Å²) in [5, 5.41) is 21.0. The first kappa shape index (κ1) is 22.3. The molecule has 1 saturated carbocycles. The molecule has 1 aromatic carbocycles. The molecular weight excluding hydrogens is 358 g/mol. The van der Waals surface area contributed by atoms with Gasteiger partial charge in [-0.1, -0.05) is 81.2 Å². The molecule has 3 heteroatoms. The van der Waals surface area contributed by atoms with Crippen LogP contribution in [0.1, 0.15) is 63.5 Å². The van der Waals surface area contributed by atoms with Gasteiger partial charge in [0.1, 0.15) is 0 Å². The zero-order valence-electron chi connectivity index (χ0n) is 18.1. The molecule has 29 heavy (non-hydrogen) atoms. The fraction of sp³-hybridized carbons (Fsp3) is 0.615. The monoisotopic (exact) mass is 397 g/mol. The van der Waals surface area contributed by atoms with Crippen molar-refractivity contribution >= 4 is 0 Å². The number of allylic oxidation sites excluding steroid dienone is 2. The van der Waals surface area contributed by atoms with Crippen molar-refractivity contribution in [1.29, 1.82) is 0 Å². The molecule has 3 rings (SSSR count). The minimum atomic E-state index is -0.400. The van der Waals surface area contributed by atoms with Crippen LogP contribution < -0.4 is 5.73 Å². The van der Waals surface area contributed by atoms with Gasteiger partial charge in [-0.2, -0.15) is 0 Å². The van der Waals surface area contributed by atoms with Crippen LogP contribution in [0.3, 0.4) is 0 Å². The maximum Gasteiger partial charge on any atom is 0.0723 e. The maximum absolute atomic E-state index is 10.6. The van der Waals surface area contributed by atoms with Gasteiger partial charge in [0.25, 0.3) is 0 Å². The molecule has 0 amide bonds. The minimum absolute atomic E-state index is 0.161. The number of aliphatic hydroxyl groups excluding tert-OH is 2. The largest absolute Gasteiger partial charge is 0.392 e. The van der Waals surface area contributed by atoms with Crippen molar-refractivity contribution < 1.29 is 10.2 Å². The van der Waals surface area contributed by atoms with Crippen LogP contribution in [0.25, 0.3) is 0 Å². The predicted molar refractivity (Wildman–Crippen MR) is 120 cm³/mol. The average molecular weight is 398 g/mol. The SMILES string of the molecule is CCCC[C@H](C)C[C@H](O)/C=C/[C@@H]1[C@H]2CC(Cc3ccc(CN)cc3)=C[C@H]2C[C@H]1O. The van der Waals surface area contributed by atoms with Crippen molar-refractivity contribution in [2.24, 2.45) is 29.4 Å². The summed E-state index contributed by atoms with van der Waals surface area (Å²) in [6, 6.07) is 8.59. The lowest BCUT2D eigenvalue weighted by Crippen LogP contribution is -2.18. The second-order valence-electron chi connectivity index (χ2n) is 9.37. The van der Waals surface area contributed by atoms with E-state index in [0.29, 0.717) is 24.3 Å². The quantitative estimate of drug-likeness (QED) is 0.499. The van der Waals surface area contributed by atoms with Gasteiger partial charge in [0.2, 0.25) is 0 Å². The van der Waals surface area contributed by atoms with Gasteiger partial charge in [-0.05, 0) is 54.6 Å². The van der Waals surface area contributed by atoms with E-state index in [0.717, 1.165) is 25.7 Å². The van der Waals surface area contributed by atoms with Gasteiger partial charge in [0.15, 0.2) is 0 Å². The standard InChI is InChI=1S/C26H39NO2/c1-3-4-5-18(2)12-23(28)10-11-24-25-15-21(14-22(25)16-26(24)29)13-19-6-8-20(17-27)9-7-19/h6-11,14,18,22-26,28-29H,3-5,12-13,15-17,27H2,1-2H3/b11-10+/t18-,22-,23+,24+,25-,26+/m0/s1. The molecule has 0 aromatic heterocycles. The van der Waals surface area contributed by atoms with Crippen LogP contribution in [0.2, 0.25) is 0 Å². The topological polar surface area (TPSA) is 66.5 Å². The lowest BCUT2D eigenvalue weighted by molar-refractivity contribution is 0.139. The highest BCUT2D eigenvalue weighted by atomic mass is 16.3. The number of nitrogens with two attached hydrogens (primary N) is 1. The Bertz CT molecular complexity index is 693. The molecule has 4 N–H and O–H groups in total. The lowest BCUT2D eigenvalue weighted by atomic mass is 9.88. The molecule has 0 bridgehead atoms. The van der Waals surface area contributed by atoms with Gasteiger partial charge in [-0.3, -0.25) is 0 Å². The number of fused-ring (bicyclic) bond motifs is 1. The van der Waals surface area contributed by atoms with Gasteiger partial charge < -0.3 is 15.9 Å². The zero-order valence-corrected chi connectivity index (χ0v) is 18.1. The second kappa shape index (κ2) is 10.6. The highest BCUT2D eigenvalue weighted by Gasteiger charge is 2.43. The Balaban J connectivity index is 1.54. The molecule has 0 saturated heterocycles. The second-order valence-corrected chi connectivity index (χ2v) is 9.37. The Morgan fingerprint density at radius 1 is 1.21 bits per heavy atom. The summed E-state index contributed by atoms with van der Waals surface area (Å²) in [4.78, 5) is 0. The Hall–Kier alpha value is -1.42. The molecule has 0 spiro atoms. The number of aliphatic hydroxyl groups is 2. The molecule has 160 valence electrons. The van der Waals surface area contributed by atoms with Gasteiger partial charge in [0, 0.05) is 12.5 Å².